The molecule has 0 N–H and O–H groups in total. The first-order valence-electron chi connectivity index (χ1n) is 15.4. The summed E-state index contributed by atoms with van der Waals surface area (Å²) in [6.45, 7) is 6.09. The summed E-state index contributed by atoms with van der Waals surface area (Å²) in [5.74, 6) is 0.225. The Morgan fingerprint density at radius 2 is 1.48 bits per heavy atom. The van der Waals surface area contributed by atoms with Gasteiger partial charge in [-0.3, -0.25) is 0 Å². The number of halogens is 8. The molecular formula is C36H32Cl2F6SiZr. The average molecular weight is 769 g/mol. The molecule has 46 heavy (non-hydrogen) atoms. The number of alkyl halides is 6. The number of benzene rings is 4. The van der Waals surface area contributed by atoms with Crippen LogP contribution in [0.25, 0.3) is 28.3 Å². The summed E-state index contributed by atoms with van der Waals surface area (Å²) in [6, 6.07) is 20.2. The second-order valence-corrected chi connectivity index (χ2v) is 28.5. The molecule has 0 fully saturated rings. The van der Waals surface area contributed by atoms with E-state index in [0.717, 1.165) is 32.1 Å². The van der Waals surface area contributed by atoms with E-state index < -0.39 is 50.9 Å². The molecule has 6 rings (SSSR count). The van der Waals surface area contributed by atoms with Crippen LogP contribution in [-0.4, -0.2) is 9.52 Å². The first-order chi connectivity index (χ1) is 21.6. The maximum absolute atomic E-state index is 14.0. The number of hydrogen-bond acceptors (Lipinski definition) is 0. The fraction of sp³-hybridized carbons (Fsp3) is 0.278. The molecule has 0 amide bonds. The van der Waals surface area contributed by atoms with Crippen molar-refractivity contribution in [2.45, 2.75) is 56.0 Å². The van der Waals surface area contributed by atoms with Gasteiger partial charge in [0, 0.05) is 0 Å². The van der Waals surface area contributed by atoms with Gasteiger partial charge in [-0.15, -0.1) is 0 Å². The third kappa shape index (κ3) is 6.13. The predicted molar refractivity (Wildman–Crippen MR) is 177 cm³/mol. The second kappa shape index (κ2) is 12.4. The molecule has 0 nitrogen and oxygen atoms in total. The quantitative estimate of drug-likeness (QED) is 0.114. The van der Waals surface area contributed by atoms with Crippen LogP contribution in [0.3, 0.4) is 0 Å². The average Bonchev–Trinajstić information content (AvgIpc) is 3.54. The Kier molecular flexibility index (Phi) is 9.10. The van der Waals surface area contributed by atoms with E-state index in [4.69, 9.17) is 17.0 Å². The van der Waals surface area contributed by atoms with E-state index in [-0.39, 0.29) is 21.2 Å². The number of rotatable bonds is 7. The summed E-state index contributed by atoms with van der Waals surface area (Å²) in [4.78, 5) is 0. The van der Waals surface area contributed by atoms with Crippen molar-refractivity contribution in [3.8, 4) is 22.3 Å². The molecule has 1 heterocycles. The van der Waals surface area contributed by atoms with E-state index in [9.17, 15) is 26.3 Å². The van der Waals surface area contributed by atoms with E-state index in [1.807, 2.05) is 49.4 Å². The summed E-state index contributed by atoms with van der Waals surface area (Å²) in [5.41, 5.74) is 3.15. The van der Waals surface area contributed by atoms with Gasteiger partial charge < -0.3 is 0 Å². The molecule has 0 saturated carbocycles. The van der Waals surface area contributed by atoms with Gasteiger partial charge in [-0.1, -0.05) is 0 Å². The monoisotopic (exact) mass is 766 g/mol. The molecule has 240 valence electrons. The SMILES string of the molecule is CCCc1ccc2c(c1-c1cc(C(F)(F)F)cc(C(F)(F)F)c1)C=C(CC(C)C)[CH]2[Zr]([Cl])([Cl])[c]1cccc2c1[SiH2]c1ccccc1-2. The first-order valence-corrected chi connectivity index (χ1v) is 25.7. The number of aryl methyl sites for hydroxylation is 1. The Morgan fingerprint density at radius 1 is 0.826 bits per heavy atom. The molecule has 1 aliphatic heterocycles. The minimum atomic E-state index is -4.95. The van der Waals surface area contributed by atoms with Crippen molar-refractivity contribution < 1.29 is 44.2 Å². The van der Waals surface area contributed by atoms with E-state index in [1.165, 1.54) is 15.9 Å². The van der Waals surface area contributed by atoms with Gasteiger partial charge in [0.2, 0.25) is 0 Å². The van der Waals surface area contributed by atoms with Crippen molar-refractivity contribution in [2.75, 3.05) is 0 Å². The maximum atomic E-state index is 14.0. The Labute approximate surface area is 279 Å². The van der Waals surface area contributed by atoms with Crippen LogP contribution in [0.4, 0.5) is 26.3 Å². The molecule has 4 aromatic carbocycles. The van der Waals surface area contributed by atoms with Crippen LogP contribution < -0.4 is 13.6 Å². The third-order valence-electron chi connectivity index (χ3n) is 8.99. The molecule has 0 spiro atoms. The zero-order valence-electron chi connectivity index (χ0n) is 25.5. The van der Waals surface area contributed by atoms with Crippen LogP contribution in [0.1, 0.15) is 65.1 Å². The van der Waals surface area contributed by atoms with Crippen LogP contribution in [0.2, 0.25) is 0 Å². The van der Waals surface area contributed by atoms with Gasteiger partial charge in [-0.05, 0) is 0 Å². The summed E-state index contributed by atoms with van der Waals surface area (Å²) >= 11 is -4.42. The van der Waals surface area contributed by atoms with Crippen molar-refractivity contribution in [1.82, 2.24) is 0 Å². The van der Waals surface area contributed by atoms with Crippen LogP contribution >= 0.6 is 17.0 Å². The van der Waals surface area contributed by atoms with Crippen molar-refractivity contribution >= 4 is 46.3 Å². The first kappa shape index (κ1) is 33.8. The van der Waals surface area contributed by atoms with Gasteiger partial charge in [0.25, 0.3) is 0 Å². The predicted octanol–water partition coefficient (Wildman–Crippen LogP) is 9.71. The van der Waals surface area contributed by atoms with E-state index in [2.05, 4.69) is 32.0 Å². The summed E-state index contributed by atoms with van der Waals surface area (Å²) in [5, 5.41) is 2.58. The van der Waals surface area contributed by atoms with Crippen LogP contribution in [0, 0.1) is 5.92 Å². The van der Waals surface area contributed by atoms with Gasteiger partial charge in [0.1, 0.15) is 0 Å². The van der Waals surface area contributed by atoms with E-state index in [1.54, 1.807) is 0 Å². The number of allylic oxidation sites excluding steroid dienone is 1. The van der Waals surface area contributed by atoms with Crippen LogP contribution in [0.5, 0.6) is 0 Å². The normalized spacial score (nSPS) is 16.5. The Balaban J connectivity index is 1.58. The number of fused-ring (bicyclic) bond motifs is 4. The van der Waals surface area contributed by atoms with Gasteiger partial charge in [-0.25, -0.2) is 0 Å². The van der Waals surface area contributed by atoms with Crippen molar-refractivity contribution in [2.24, 2.45) is 5.92 Å². The summed E-state index contributed by atoms with van der Waals surface area (Å²) in [7, 11) is 14.6. The molecule has 10 heteroatoms. The van der Waals surface area contributed by atoms with E-state index >= 15 is 0 Å². The molecule has 0 aromatic heterocycles. The van der Waals surface area contributed by atoms with Gasteiger partial charge >= 0.3 is 281 Å². The third-order valence-corrected chi connectivity index (χ3v) is 23.3. The second-order valence-electron chi connectivity index (χ2n) is 12.7. The molecular weight excluding hydrogens is 737 g/mol. The minimum absolute atomic E-state index is 0.100. The Morgan fingerprint density at radius 3 is 2.11 bits per heavy atom. The molecule has 1 unspecified atom stereocenters. The van der Waals surface area contributed by atoms with Gasteiger partial charge in [0.15, 0.2) is 0 Å². The van der Waals surface area contributed by atoms with Gasteiger partial charge in [-0.2, -0.15) is 0 Å². The zero-order valence-corrected chi connectivity index (χ0v) is 30.9. The molecule has 0 radical (unpaired) electrons. The summed E-state index contributed by atoms with van der Waals surface area (Å²) in [6.07, 6.45) is -6.13. The molecule has 1 atom stereocenters. The Bertz CT molecular complexity index is 1830. The van der Waals surface area contributed by atoms with E-state index in [0.29, 0.717) is 36.0 Å². The molecule has 0 bridgehead atoms. The van der Waals surface area contributed by atoms with Gasteiger partial charge in [0.05, 0.1) is 0 Å². The molecule has 0 saturated heterocycles. The van der Waals surface area contributed by atoms with Crippen molar-refractivity contribution in [3.05, 3.63) is 106 Å². The standard InChI is InChI=1S/C24H23F6.C12H9Si.2ClH.Zr/c1-4-5-16-6-7-17-9-15(8-14(2)3)10-21(17)22(16)18-11-19(23(25,26)27)13-20(12-18)24(28,29)30;1-3-7-11-9(5-1)10-6-2-4-8-12(10)13-11;;;/h6-7,9-14H,4-5,8H2,1-3H3;1-7H,13H2;2*1H;/q;;;;+2/p-2. The topological polar surface area (TPSA) is 0 Å². The van der Waals surface area contributed by atoms with Crippen LogP contribution in [-0.2, 0) is 36.7 Å². The molecule has 1 aliphatic carbocycles. The fourth-order valence-corrected chi connectivity index (χ4v) is 24.0. The van der Waals surface area contributed by atoms with Crippen molar-refractivity contribution in [3.63, 3.8) is 0 Å². The molecule has 4 aromatic rings. The van der Waals surface area contributed by atoms with Crippen LogP contribution in [0.15, 0.2) is 78.4 Å². The number of hydrogen-bond donors (Lipinski definition) is 0. The molecule has 2 aliphatic rings. The zero-order chi connectivity index (χ0) is 33.2. The summed E-state index contributed by atoms with van der Waals surface area (Å²) < 4.78 is 84.6. The van der Waals surface area contributed by atoms with Crippen molar-refractivity contribution in [1.29, 1.82) is 0 Å². The Hall–Kier alpha value is -2.12. The fourth-order valence-electron chi connectivity index (χ4n) is 7.18.